The third-order valence-electron chi connectivity index (χ3n) is 3.41. The summed E-state index contributed by atoms with van der Waals surface area (Å²) in [7, 11) is 0. The van der Waals surface area contributed by atoms with Gasteiger partial charge in [0.2, 0.25) is 0 Å². The van der Waals surface area contributed by atoms with Crippen molar-refractivity contribution in [3.8, 4) is 0 Å². The SMILES string of the molecule is CCCNCc1cc(Cn2nc(C)c(Cl)c2C)c(C)o1. The lowest BCUT2D eigenvalue weighted by Crippen LogP contribution is -2.13. The molecular formula is C15H22ClN3O. The number of aryl methyl sites for hydroxylation is 2. The maximum Gasteiger partial charge on any atom is 0.118 e. The summed E-state index contributed by atoms with van der Waals surface area (Å²) in [6, 6.07) is 2.10. The molecule has 4 nitrogen and oxygen atoms in total. The largest absolute Gasteiger partial charge is 0.465 e. The third kappa shape index (κ3) is 3.25. The van der Waals surface area contributed by atoms with E-state index in [1.807, 2.05) is 25.5 Å². The van der Waals surface area contributed by atoms with E-state index in [9.17, 15) is 0 Å². The Kier molecular flexibility index (Phi) is 4.89. The van der Waals surface area contributed by atoms with E-state index in [0.717, 1.165) is 53.0 Å². The smallest absolute Gasteiger partial charge is 0.118 e. The van der Waals surface area contributed by atoms with Gasteiger partial charge in [0.05, 0.1) is 29.5 Å². The molecular weight excluding hydrogens is 274 g/mol. The van der Waals surface area contributed by atoms with Gasteiger partial charge in [-0.2, -0.15) is 5.10 Å². The minimum absolute atomic E-state index is 0.697. The van der Waals surface area contributed by atoms with E-state index in [1.54, 1.807) is 0 Å². The van der Waals surface area contributed by atoms with Gasteiger partial charge in [-0.15, -0.1) is 0 Å². The molecule has 2 aromatic rings. The van der Waals surface area contributed by atoms with Gasteiger partial charge in [-0.1, -0.05) is 18.5 Å². The van der Waals surface area contributed by atoms with Crippen molar-refractivity contribution in [2.75, 3.05) is 6.54 Å². The van der Waals surface area contributed by atoms with Crippen molar-refractivity contribution in [2.24, 2.45) is 0 Å². The summed E-state index contributed by atoms with van der Waals surface area (Å²) in [6.45, 7) is 10.5. The lowest BCUT2D eigenvalue weighted by atomic mass is 10.2. The second kappa shape index (κ2) is 6.46. The maximum absolute atomic E-state index is 6.18. The van der Waals surface area contributed by atoms with Crippen LogP contribution in [0, 0.1) is 20.8 Å². The van der Waals surface area contributed by atoms with E-state index in [4.69, 9.17) is 16.0 Å². The molecule has 0 unspecified atom stereocenters. The number of furan rings is 1. The Morgan fingerprint density at radius 2 is 2.10 bits per heavy atom. The van der Waals surface area contributed by atoms with Crippen LogP contribution in [0.1, 0.15) is 41.8 Å². The van der Waals surface area contributed by atoms with Crippen LogP contribution in [0.5, 0.6) is 0 Å². The zero-order chi connectivity index (χ0) is 14.7. The zero-order valence-electron chi connectivity index (χ0n) is 12.6. The fourth-order valence-corrected chi connectivity index (χ4v) is 2.35. The van der Waals surface area contributed by atoms with Crippen LogP contribution in [-0.2, 0) is 13.1 Å². The molecule has 2 heterocycles. The van der Waals surface area contributed by atoms with Gasteiger partial charge in [0.15, 0.2) is 0 Å². The number of nitrogens with one attached hydrogen (secondary N) is 1. The molecule has 20 heavy (non-hydrogen) atoms. The summed E-state index contributed by atoms with van der Waals surface area (Å²) in [6.07, 6.45) is 1.12. The van der Waals surface area contributed by atoms with Crippen LogP contribution in [0.3, 0.4) is 0 Å². The molecule has 110 valence electrons. The van der Waals surface area contributed by atoms with Gasteiger partial charge in [-0.05, 0) is 39.8 Å². The van der Waals surface area contributed by atoms with Crippen molar-refractivity contribution in [3.05, 3.63) is 39.6 Å². The summed E-state index contributed by atoms with van der Waals surface area (Å²) in [5.74, 6) is 1.92. The molecule has 0 aliphatic carbocycles. The van der Waals surface area contributed by atoms with Gasteiger partial charge in [-0.3, -0.25) is 4.68 Å². The normalized spacial score (nSPS) is 11.2. The molecule has 2 aromatic heterocycles. The Morgan fingerprint density at radius 1 is 1.35 bits per heavy atom. The summed E-state index contributed by atoms with van der Waals surface area (Å²) in [5, 5.41) is 8.55. The predicted molar refractivity (Wildman–Crippen MR) is 81.3 cm³/mol. The first-order chi connectivity index (χ1) is 9.52. The van der Waals surface area contributed by atoms with Gasteiger partial charge in [0.1, 0.15) is 11.5 Å². The van der Waals surface area contributed by atoms with Crippen LogP contribution >= 0.6 is 11.6 Å². The van der Waals surface area contributed by atoms with Crippen LogP contribution in [0.2, 0.25) is 5.02 Å². The van der Waals surface area contributed by atoms with Crippen LogP contribution in [0.4, 0.5) is 0 Å². The van der Waals surface area contributed by atoms with Gasteiger partial charge in [0.25, 0.3) is 0 Å². The highest BCUT2D eigenvalue weighted by Gasteiger charge is 2.13. The molecule has 2 rings (SSSR count). The maximum atomic E-state index is 6.18. The number of nitrogens with zero attached hydrogens (tertiary/aromatic N) is 2. The Balaban J connectivity index is 2.11. The Labute approximate surface area is 125 Å². The monoisotopic (exact) mass is 295 g/mol. The highest BCUT2D eigenvalue weighted by Crippen LogP contribution is 2.22. The molecule has 0 fully saturated rings. The minimum Gasteiger partial charge on any atom is -0.465 e. The standard InChI is InChI=1S/C15H22ClN3O/c1-5-6-17-8-14-7-13(12(4)20-14)9-19-11(3)15(16)10(2)18-19/h7,17H,5-6,8-9H2,1-4H3. The van der Waals surface area contributed by atoms with E-state index in [-0.39, 0.29) is 0 Å². The minimum atomic E-state index is 0.697. The molecule has 1 N–H and O–H groups in total. The molecule has 0 aliphatic heterocycles. The second-order valence-electron chi connectivity index (χ2n) is 5.11. The number of halogens is 1. The fraction of sp³-hybridized carbons (Fsp3) is 0.533. The van der Waals surface area contributed by atoms with E-state index in [1.165, 1.54) is 0 Å². The van der Waals surface area contributed by atoms with Gasteiger partial charge in [0, 0.05) is 5.56 Å². The third-order valence-corrected chi connectivity index (χ3v) is 3.96. The second-order valence-corrected chi connectivity index (χ2v) is 5.49. The molecule has 0 aliphatic rings. The van der Waals surface area contributed by atoms with Crippen molar-refractivity contribution in [2.45, 2.75) is 47.2 Å². The van der Waals surface area contributed by atoms with Crippen molar-refractivity contribution in [1.29, 1.82) is 0 Å². The number of aromatic nitrogens is 2. The van der Waals surface area contributed by atoms with E-state index >= 15 is 0 Å². The highest BCUT2D eigenvalue weighted by molar-refractivity contribution is 6.31. The first-order valence-electron chi connectivity index (χ1n) is 7.01. The number of hydrogen-bond donors (Lipinski definition) is 1. The molecule has 0 saturated carbocycles. The molecule has 5 heteroatoms. The molecule has 0 atom stereocenters. The van der Waals surface area contributed by atoms with Crippen LogP contribution in [-0.4, -0.2) is 16.3 Å². The van der Waals surface area contributed by atoms with Crippen molar-refractivity contribution < 1.29 is 4.42 Å². The number of hydrogen-bond acceptors (Lipinski definition) is 3. The summed E-state index contributed by atoms with van der Waals surface area (Å²) in [5.41, 5.74) is 3.02. The van der Waals surface area contributed by atoms with E-state index in [2.05, 4.69) is 23.4 Å². The van der Waals surface area contributed by atoms with Gasteiger partial charge >= 0.3 is 0 Å². The van der Waals surface area contributed by atoms with E-state index < -0.39 is 0 Å². The Hall–Kier alpha value is -1.26. The zero-order valence-corrected chi connectivity index (χ0v) is 13.3. The molecule has 0 spiro atoms. The molecule has 0 amide bonds. The first kappa shape index (κ1) is 15.1. The van der Waals surface area contributed by atoms with Crippen molar-refractivity contribution in [1.82, 2.24) is 15.1 Å². The summed E-state index contributed by atoms with van der Waals surface area (Å²) < 4.78 is 7.70. The van der Waals surface area contributed by atoms with Crippen molar-refractivity contribution >= 4 is 11.6 Å². The predicted octanol–water partition coefficient (Wildman–Crippen LogP) is 3.60. The summed E-state index contributed by atoms with van der Waals surface area (Å²) in [4.78, 5) is 0. The van der Waals surface area contributed by atoms with Crippen molar-refractivity contribution in [3.63, 3.8) is 0 Å². The van der Waals surface area contributed by atoms with Crippen LogP contribution < -0.4 is 5.32 Å². The van der Waals surface area contributed by atoms with Crippen LogP contribution in [0.15, 0.2) is 10.5 Å². The average Bonchev–Trinajstić information content (AvgIpc) is 2.87. The molecule has 0 radical (unpaired) electrons. The summed E-state index contributed by atoms with van der Waals surface area (Å²) >= 11 is 6.18. The number of rotatable bonds is 6. The van der Waals surface area contributed by atoms with Crippen LogP contribution in [0.25, 0.3) is 0 Å². The Bertz CT molecular complexity index is 586. The molecule has 0 bridgehead atoms. The molecule has 0 saturated heterocycles. The lowest BCUT2D eigenvalue weighted by Gasteiger charge is -2.02. The highest BCUT2D eigenvalue weighted by atomic mass is 35.5. The average molecular weight is 296 g/mol. The Morgan fingerprint density at radius 3 is 2.70 bits per heavy atom. The van der Waals surface area contributed by atoms with Gasteiger partial charge in [-0.25, -0.2) is 0 Å². The van der Waals surface area contributed by atoms with Gasteiger partial charge < -0.3 is 9.73 Å². The fourth-order valence-electron chi connectivity index (χ4n) is 2.21. The van der Waals surface area contributed by atoms with E-state index in [0.29, 0.717) is 6.54 Å². The topological polar surface area (TPSA) is 43.0 Å². The molecule has 0 aromatic carbocycles. The first-order valence-corrected chi connectivity index (χ1v) is 7.39. The quantitative estimate of drug-likeness (QED) is 0.828. The lowest BCUT2D eigenvalue weighted by molar-refractivity contribution is 0.458.